The van der Waals surface area contributed by atoms with Crippen molar-refractivity contribution in [2.45, 2.75) is 85.7 Å². The van der Waals surface area contributed by atoms with Gasteiger partial charge in [0.2, 0.25) is 0 Å². The van der Waals surface area contributed by atoms with E-state index in [1.54, 1.807) is 0 Å². The standard InChI is InChI=1S/C22H34O4/c1-6-8-9-11-17-14-19(26-15(3)4)18(13-12-16(5)10-7-2)21(23)20(17)22(24)25/h12,14-15,23H,6-11,13H2,1-5H3,(H,24,25)/b16-12-. The zero-order valence-electron chi connectivity index (χ0n) is 16.9. The Kier molecular flexibility index (Phi) is 9.25. The lowest BCUT2D eigenvalue weighted by molar-refractivity contribution is 0.0692. The molecular weight excluding hydrogens is 328 g/mol. The molecular formula is C22H34O4. The van der Waals surface area contributed by atoms with Crippen molar-refractivity contribution < 1.29 is 19.7 Å². The maximum atomic E-state index is 11.8. The van der Waals surface area contributed by atoms with Gasteiger partial charge in [0.15, 0.2) is 0 Å². The first-order chi connectivity index (χ1) is 12.3. The Bertz CT molecular complexity index is 630. The van der Waals surface area contributed by atoms with Crippen molar-refractivity contribution in [3.63, 3.8) is 0 Å². The number of allylic oxidation sites excluding steroid dienone is 2. The summed E-state index contributed by atoms with van der Waals surface area (Å²) < 4.78 is 5.92. The molecule has 0 saturated heterocycles. The Balaban J connectivity index is 3.37. The largest absolute Gasteiger partial charge is 0.507 e. The Morgan fingerprint density at radius 3 is 2.46 bits per heavy atom. The Labute approximate surface area is 157 Å². The summed E-state index contributed by atoms with van der Waals surface area (Å²) in [7, 11) is 0. The molecule has 0 spiro atoms. The van der Waals surface area contributed by atoms with Crippen LogP contribution in [-0.4, -0.2) is 22.3 Å². The van der Waals surface area contributed by atoms with E-state index in [1.165, 1.54) is 5.57 Å². The molecule has 0 aliphatic heterocycles. The van der Waals surface area contributed by atoms with Crippen molar-refractivity contribution in [2.75, 3.05) is 0 Å². The Morgan fingerprint density at radius 1 is 1.23 bits per heavy atom. The molecule has 0 aromatic heterocycles. The maximum Gasteiger partial charge on any atom is 0.339 e. The van der Waals surface area contributed by atoms with Crippen LogP contribution in [0.1, 0.15) is 88.2 Å². The molecule has 1 aromatic carbocycles. The summed E-state index contributed by atoms with van der Waals surface area (Å²) >= 11 is 0. The van der Waals surface area contributed by atoms with Gasteiger partial charge in [-0.1, -0.05) is 44.8 Å². The quantitative estimate of drug-likeness (QED) is 0.380. The van der Waals surface area contributed by atoms with Gasteiger partial charge in [-0.2, -0.15) is 0 Å². The monoisotopic (exact) mass is 362 g/mol. The van der Waals surface area contributed by atoms with Gasteiger partial charge >= 0.3 is 5.97 Å². The highest BCUT2D eigenvalue weighted by Crippen LogP contribution is 2.37. The van der Waals surface area contributed by atoms with Crippen LogP contribution in [0.25, 0.3) is 0 Å². The topological polar surface area (TPSA) is 66.8 Å². The third-order valence-electron chi connectivity index (χ3n) is 4.37. The summed E-state index contributed by atoms with van der Waals surface area (Å²) in [4.78, 5) is 11.8. The highest BCUT2D eigenvalue weighted by Gasteiger charge is 2.23. The average molecular weight is 363 g/mol. The van der Waals surface area contributed by atoms with Gasteiger partial charge in [0.1, 0.15) is 17.1 Å². The summed E-state index contributed by atoms with van der Waals surface area (Å²) in [6.07, 6.45) is 8.12. The minimum absolute atomic E-state index is 0.0220. The number of carboxylic acid groups (broad SMARTS) is 1. The summed E-state index contributed by atoms with van der Waals surface area (Å²) in [6.45, 7) is 10.1. The third-order valence-corrected chi connectivity index (χ3v) is 4.37. The first-order valence-corrected chi connectivity index (χ1v) is 9.75. The van der Waals surface area contributed by atoms with Crippen LogP contribution in [0.2, 0.25) is 0 Å². The predicted molar refractivity (Wildman–Crippen MR) is 106 cm³/mol. The number of ether oxygens (including phenoxy) is 1. The van der Waals surface area contributed by atoms with Crippen LogP contribution in [0.5, 0.6) is 11.5 Å². The number of benzene rings is 1. The van der Waals surface area contributed by atoms with E-state index in [0.29, 0.717) is 29.7 Å². The molecule has 0 bridgehead atoms. The highest BCUT2D eigenvalue weighted by atomic mass is 16.5. The van der Waals surface area contributed by atoms with Crippen LogP contribution in [0.4, 0.5) is 0 Å². The molecule has 1 rings (SSSR count). The van der Waals surface area contributed by atoms with Crippen molar-refractivity contribution >= 4 is 5.97 Å². The number of hydrogen-bond donors (Lipinski definition) is 2. The molecule has 26 heavy (non-hydrogen) atoms. The van der Waals surface area contributed by atoms with E-state index >= 15 is 0 Å². The van der Waals surface area contributed by atoms with Crippen molar-refractivity contribution in [1.82, 2.24) is 0 Å². The number of aryl methyl sites for hydroxylation is 1. The number of carbonyl (C=O) groups is 1. The van der Waals surface area contributed by atoms with Gasteiger partial charge in [0, 0.05) is 5.56 Å². The third kappa shape index (κ3) is 6.40. The summed E-state index contributed by atoms with van der Waals surface area (Å²) in [5, 5.41) is 20.4. The highest BCUT2D eigenvalue weighted by molar-refractivity contribution is 5.93. The first kappa shape index (κ1) is 22.1. The van der Waals surface area contributed by atoms with Crippen LogP contribution < -0.4 is 4.74 Å². The van der Waals surface area contributed by atoms with Crippen LogP contribution in [0, 0.1) is 0 Å². The van der Waals surface area contributed by atoms with E-state index < -0.39 is 5.97 Å². The zero-order chi connectivity index (χ0) is 19.7. The Hall–Kier alpha value is -1.97. The van der Waals surface area contributed by atoms with Crippen molar-refractivity contribution in [3.8, 4) is 11.5 Å². The van der Waals surface area contributed by atoms with E-state index in [9.17, 15) is 15.0 Å². The number of phenols is 1. The van der Waals surface area contributed by atoms with Gasteiger partial charge in [-0.05, 0) is 58.1 Å². The van der Waals surface area contributed by atoms with Crippen molar-refractivity contribution in [2.24, 2.45) is 0 Å². The van der Waals surface area contributed by atoms with Crippen molar-refractivity contribution in [1.29, 1.82) is 0 Å². The van der Waals surface area contributed by atoms with Gasteiger partial charge in [-0.25, -0.2) is 4.79 Å². The fraction of sp³-hybridized carbons (Fsp3) is 0.591. The molecule has 1 aromatic rings. The molecule has 146 valence electrons. The van der Waals surface area contributed by atoms with E-state index in [2.05, 4.69) is 20.8 Å². The molecule has 0 radical (unpaired) electrons. The lowest BCUT2D eigenvalue weighted by atomic mass is 9.94. The number of unbranched alkanes of at least 4 members (excludes halogenated alkanes) is 2. The minimum Gasteiger partial charge on any atom is -0.507 e. The second kappa shape index (κ2) is 10.9. The lowest BCUT2D eigenvalue weighted by Crippen LogP contribution is -2.11. The second-order valence-electron chi connectivity index (χ2n) is 7.17. The van der Waals surface area contributed by atoms with Gasteiger partial charge in [0.05, 0.1) is 6.10 Å². The summed E-state index contributed by atoms with van der Waals surface area (Å²) in [5.74, 6) is -0.641. The van der Waals surface area contributed by atoms with Crippen LogP contribution in [-0.2, 0) is 12.8 Å². The second-order valence-corrected chi connectivity index (χ2v) is 7.17. The summed E-state index contributed by atoms with van der Waals surface area (Å²) in [6, 6.07) is 1.82. The Morgan fingerprint density at radius 2 is 1.92 bits per heavy atom. The molecule has 0 fully saturated rings. The first-order valence-electron chi connectivity index (χ1n) is 9.75. The fourth-order valence-electron chi connectivity index (χ4n) is 3.07. The van der Waals surface area contributed by atoms with Gasteiger partial charge < -0.3 is 14.9 Å². The fourth-order valence-corrected chi connectivity index (χ4v) is 3.07. The minimum atomic E-state index is -1.08. The molecule has 0 saturated carbocycles. The molecule has 0 aliphatic carbocycles. The average Bonchev–Trinajstić information content (AvgIpc) is 2.53. The number of hydrogen-bond acceptors (Lipinski definition) is 3. The number of aromatic hydroxyl groups is 1. The molecule has 4 nitrogen and oxygen atoms in total. The van der Waals surface area contributed by atoms with Crippen LogP contribution in [0.3, 0.4) is 0 Å². The smallest absolute Gasteiger partial charge is 0.339 e. The van der Waals surface area contributed by atoms with E-state index in [1.807, 2.05) is 26.0 Å². The normalized spacial score (nSPS) is 11.8. The SMILES string of the molecule is CCCCCc1cc(OC(C)C)c(C/C=C(/C)CCC)c(O)c1C(=O)O. The van der Waals surface area contributed by atoms with Crippen molar-refractivity contribution in [3.05, 3.63) is 34.4 Å². The molecule has 0 amide bonds. The molecule has 0 aliphatic rings. The summed E-state index contributed by atoms with van der Waals surface area (Å²) in [5.41, 5.74) is 2.46. The van der Waals surface area contributed by atoms with Crippen LogP contribution >= 0.6 is 0 Å². The van der Waals surface area contributed by atoms with E-state index in [4.69, 9.17) is 4.74 Å². The van der Waals surface area contributed by atoms with Gasteiger partial charge in [0.25, 0.3) is 0 Å². The number of rotatable bonds is 11. The lowest BCUT2D eigenvalue weighted by Gasteiger charge is -2.19. The maximum absolute atomic E-state index is 11.8. The van der Waals surface area contributed by atoms with E-state index in [0.717, 1.165) is 32.1 Å². The molecule has 4 heteroatoms. The molecule has 0 unspecified atom stereocenters. The zero-order valence-corrected chi connectivity index (χ0v) is 16.9. The van der Waals surface area contributed by atoms with Crippen LogP contribution in [0.15, 0.2) is 17.7 Å². The van der Waals surface area contributed by atoms with E-state index in [-0.39, 0.29) is 17.4 Å². The number of carboxylic acids is 1. The molecule has 2 N–H and O–H groups in total. The van der Waals surface area contributed by atoms with Gasteiger partial charge in [-0.15, -0.1) is 0 Å². The number of aromatic carboxylic acids is 1. The van der Waals surface area contributed by atoms with Gasteiger partial charge in [-0.3, -0.25) is 0 Å². The predicted octanol–water partition coefficient (Wildman–Crippen LogP) is 5.90. The molecule has 0 atom stereocenters. The molecule has 0 heterocycles.